The van der Waals surface area contributed by atoms with Gasteiger partial charge in [-0.05, 0) is 36.4 Å². The summed E-state index contributed by atoms with van der Waals surface area (Å²) in [5.41, 5.74) is 1.51. The van der Waals surface area contributed by atoms with Crippen LogP contribution in [0.4, 0.5) is 11.4 Å². The Hall–Kier alpha value is -2.33. The topological polar surface area (TPSA) is 88.2 Å². The summed E-state index contributed by atoms with van der Waals surface area (Å²) in [5, 5.41) is 3.24. The zero-order chi connectivity index (χ0) is 21.9. The molecule has 162 valence electrons. The van der Waals surface area contributed by atoms with Crippen LogP contribution in [0.1, 0.15) is 10.4 Å². The number of carbonyl (C=O) groups is 1. The monoisotopic (exact) mass is 453 g/mol. The smallest absolute Gasteiger partial charge is 0.255 e. The number of nitrogens with zero attached hydrogens (tertiary/aromatic N) is 2. The highest BCUT2D eigenvalue weighted by Gasteiger charge is 2.30. The van der Waals surface area contributed by atoms with Gasteiger partial charge in [0.1, 0.15) is 10.6 Å². The fraction of sp³-hybridized carbons (Fsp3) is 0.350. The number of amides is 1. The molecule has 3 rings (SSSR count). The molecule has 1 amide bonds. The van der Waals surface area contributed by atoms with Crippen LogP contribution in [0, 0.1) is 0 Å². The van der Waals surface area contributed by atoms with E-state index in [4.69, 9.17) is 21.1 Å². The quantitative estimate of drug-likeness (QED) is 0.723. The van der Waals surface area contributed by atoms with Crippen LogP contribution in [-0.4, -0.2) is 66.1 Å². The maximum Gasteiger partial charge on any atom is 0.255 e. The van der Waals surface area contributed by atoms with E-state index in [1.54, 1.807) is 18.2 Å². The van der Waals surface area contributed by atoms with Gasteiger partial charge in [0.25, 0.3) is 5.91 Å². The molecule has 8 nitrogen and oxygen atoms in total. The molecule has 2 aromatic rings. The molecule has 0 saturated carbocycles. The summed E-state index contributed by atoms with van der Waals surface area (Å²) in [7, 11) is 1.29. The Balaban J connectivity index is 1.89. The highest BCUT2D eigenvalue weighted by Crippen LogP contribution is 2.30. The van der Waals surface area contributed by atoms with Crippen LogP contribution in [0.3, 0.4) is 0 Å². The Morgan fingerprint density at radius 3 is 2.47 bits per heavy atom. The number of hydrogen-bond donors (Lipinski definition) is 1. The minimum atomic E-state index is -3.83. The highest BCUT2D eigenvalue weighted by atomic mass is 35.5. The number of ether oxygens (including phenoxy) is 2. The van der Waals surface area contributed by atoms with Crippen LogP contribution >= 0.6 is 11.6 Å². The summed E-state index contributed by atoms with van der Waals surface area (Å²) < 4.78 is 38.0. The molecule has 0 unspecified atom stereocenters. The average molecular weight is 454 g/mol. The van der Waals surface area contributed by atoms with Gasteiger partial charge in [-0.15, -0.1) is 0 Å². The minimum absolute atomic E-state index is 0.0551. The third-order valence-electron chi connectivity index (χ3n) is 4.70. The van der Waals surface area contributed by atoms with Gasteiger partial charge in [-0.2, -0.15) is 4.31 Å². The molecule has 1 fully saturated rings. The second-order valence-corrected chi connectivity index (χ2v) is 9.21. The first-order valence-corrected chi connectivity index (χ1v) is 11.1. The van der Waals surface area contributed by atoms with Gasteiger partial charge in [0.05, 0.1) is 31.0 Å². The fourth-order valence-corrected chi connectivity index (χ4v) is 5.04. The van der Waals surface area contributed by atoms with Crippen molar-refractivity contribution >= 4 is 38.9 Å². The molecule has 1 N–H and O–H groups in total. The molecule has 1 saturated heterocycles. The van der Waals surface area contributed by atoms with E-state index in [0.29, 0.717) is 23.9 Å². The fourth-order valence-electron chi connectivity index (χ4n) is 3.10. The van der Waals surface area contributed by atoms with Gasteiger partial charge >= 0.3 is 0 Å². The number of rotatable bonds is 6. The summed E-state index contributed by atoms with van der Waals surface area (Å²) in [5.74, 6) is -0.277. The summed E-state index contributed by atoms with van der Waals surface area (Å²) in [6, 6.07) is 9.49. The lowest BCUT2D eigenvalue weighted by Crippen LogP contribution is -2.40. The molecule has 1 aliphatic heterocycles. The van der Waals surface area contributed by atoms with Crippen molar-refractivity contribution in [3.05, 3.63) is 47.0 Å². The third-order valence-corrected chi connectivity index (χ3v) is 6.92. The normalized spacial score (nSPS) is 14.9. The predicted octanol–water partition coefficient (Wildman–Crippen LogP) is 2.69. The number of hydrogen-bond acceptors (Lipinski definition) is 6. The second kappa shape index (κ2) is 9.22. The Kier molecular flexibility index (Phi) is 6.87. The number of nitrogens with one attached hydrogen (secondary N) is 1. The van der Waals surface area contributed by atoms with Crippen molar-refractivity contribution < 1.29 is 22.7 Å². The zero-order valence-electron chi connectivity index (χ0n) is 17.0. The molecule has 2 aromatic carbocycles. The first-order valence-electron chi connectivity index (χ1n) is 9.28. The lowest BCUT2D eigenvalue weighted by Gasteiger charge is -2.26. The van der Waals surface area contributed by atoms with Crippen molar-refractivity contribution in [2.75, 3.05) is 57.7 Å². The lowest BCUT2D eigenvalue weighted by molar-refractivity contribution is 0.0729. The predicted molar refractivity (Wildman–Crippen MR) is 116 cm³/mol. The van der Waals surface area contributed by atoms with Crippen molar-refractivity contribution in [2.24, 2.45) is 0 Å². The van der Waals surface area contributed by atoms with E-state index in [-0.39, 0.29) is 29.3 Å². The molecule has 0 atom stereocenters. The molecule has 0 radical (unpaired) electrons. The summed E-state index contributed by atoms with van der Waals surface area (Å²) in [6.45, 7) is 1.15. The molecule has 0 spiro atoms. The van der Waals surface area contributed by atoms with E-state index in [2.05, 4.69) is 5.32 Å². The summed E-state index contributed by atoms with van der Waals surface area (Å²) in [6.07, 6.45) is 0. The van der Waals surface area contributed by atoms with E-state index in [1.165, 1.54) is 29.6 Å². The summed E-state index contributed by atoms with van der Waals surface area (Å²) in [4.78, 5) is 14.6. The standard InChI is InChI=1S/C20H24ClN3O5S/c1-23(2)17-6-5-15(13-16(17)21)22-20(25)14-4-7-18(28-3)19(12-14)30(26,27)24-8-10-29-11-9-24/h4-7,12-13H,8-11H2,1-3H3,(H,22,25). The lowest BCUT2D eigenvalue weighted by atomic mass is 10.2. The number of methoxy groups -OCH3 is 1. The number of sulfonamides is 1. The molecule has 0 aromatic heterocycles. The Labute approximate surface area is 181 Å². The number of morpholine rings is 1. The van der Waals surface area contributed by atoms with Crippen LogP contribution < -0.4 is 15.0 Å². The van der Waals surface area contributed by atoms with Gasteiger partial charge in [-0.1, -0.05) is 11.6 Å². The van der Waals surface area contributed by atoms with Gasteiger partial charge in [0.2, 0.25) is 10.0 Å². The molecule has 30 heavy (non-hydrogen) atoms. The zero-order valence-corrected chi connectivity index (χ0v) is 18.6. The molecule has 10 heteroatoms. The molecular weight excluding hydrogens is 430 g/mol. The van der Waals surface area contributed by atoms with Crippen molar-refractivity contribution in [2.45, 2.75) is 4.90 Å². The van der Waals surface area contributed by atoms with Crippen LogP contribution in [0.15, 0.2) is 41.3 Å². The van der Waals surface area contributed by atoms with Crippen molar-refractivity contribution in [1.82, 2.24) is 4.31 Å². The Morgan fingerprint density at radius 1 is 1.17 bits per heavy atom. The van der Waals surface area contributed by atoms with E-state index in [0.717, 1.165) is 5.69 Å². The molecular formula is C20H24ClN3O5S. The summed E-state index contributed by atoms with van der Waals surface area (Å²) >= 11 is 6.26. The highest BCUT2D eigenvalue weighted by molar-refractivity contribution is 7.89. The largest absolute Gasteiger partial charge is 0.495 e. The molecule has 0 bridgehead atoms. The van der Waals surface area contributed by atoms with Crippen molar-refractivity contribution in [3.63, 3.8) is 0 Å². The van der Waals surface area contributed by atoms with E-state index in [1.807, 2.05) is 19.0 Å². The van der Waals surface area contributed by atoms with Crippen LogP contribution in [0.2, 0.25) is 5.02 Å². The van der Waals surface area contributed by atoms with E-state index < -0.39 is 15.9 Å². The number of carbonyl (C=O) groups excluding carboxylic acids is 1. The first-order chi connectivity index (χ1) is 14.2. The van der Waals surface area contributed by atoms with Gasteiger partial charge in [-0.25, -0.2) is 8.42 Å². The second-order valence-electron chi connectivity index (χ2n) is 6.90. The Morgan fingerprint density at radius 2 is 1.87 bits per heavy atom. The number of benzene rings is 2. The van der Waals surface area contributed by atoms with Crippen molar-refractivity contribution in [1.29, 1.82) is 0 Å². The molecule has 1 heterocycles. The maximum absolute atomic E-state index is 13.1. The molecule has 0 aliphatic carbocycles. The van der Waals surface area contributed by atoms with Crippen LogP contribution in [0.25, 0.3) is 0 Å². The number of anilines is 2. The molecule has 1 aliphatic rings. The minimum Gasteiger partial charge on any atom is -0.495 e. The van der Waals surface area contributed by atoms with E-state index in [9.17, 15) is 13.2 Å². The maximum atomic E-state index is 13.1. The van der Waals surface area contributed by atoms with Gasteiger partial charge in [-0.3, -0.25) is 4.79 Å². The van der Waals surface area contributed by atoms with Crippen LogP contribution in [-0.2, 0) is 14.8 Å². The Bertz CT molecular complexity index is 1040. The first kappa shape index (κ1) is 22.4. The third kappa shape index (κ3) is 4.70. The SMILES string of the molecule is COc1ccc(C(=O)Nc2ccc(N(C)C)c(Cl)c2)cc1S(=O)(=O)N1CCOCC1. The van der Waals surface area contributed by atoms with Gasteiger partial charge in [0, 0.05) is 38.4 Å². The number of halogens is 1. The van der Waals surface area contributed by atoms with Gasteiger partial charge < -0.3 is 19.7 Å². The average Bonchev–Trinajstić information content (AvgIpc) is 2.73. The van der Waals surface area contributed by atoms with Crippen molar-refractivity contribution in [3.8, 4) is 5.75 Å². The van der Waals surface area contributed by atoms with Crippen LogP contribution in [0.5, 0.6) is 5.75 Å². The van der Waals surface area contributed by atoms with Gasteiger partial charge in [0.15, 0.2) is 0 Å². The van der Waals surface area contributed by atoms with E-state index >= 15 is 0 Å².